The molecule has 4 rings (SSSR count). The first kappa shape index (κ1) is 15.1. The fourth-order valence-electron chi connectivity index (χ4n) is 2.94. The highest BCUT2D eigenvalue weighted by Gasteiger charge is 2.32. The molecule has 8 heteroatoms. The van der Waals surface area contributed by atoms with Crippen LogP contribution in [-0.4, -0.2) is 32.6 Å². The summed E-state index contributed by atoms with van der Waals surface area (Å²) in [7, 11) is 1.94. The topological polar surface area (TPSA) is 91.1 Å². The summed E-state index contributed by atoms with van der Waals surface area (Å²) in [4.78, 5) is 0. The van der Waals surface area contributed by atoms with Crippen LogP contribution in [0.3, 0.4) is 0 Å². The SMILES string of the molecule is Cc1c([C@H]2OCC[C@@H]2NCc2nnc(-c3ccco3)o2)cnn1C. The van der Waals surface area contributed by atoms with Crippen LogP contribution in [0.1, 0.15) is 29.7 Å². The van der Waals surface area contributed by atoms with Crippen molar-refractivity contribution >= 4 is 0 Å². The van der Waals surface area contributed by atoms with E-state index in [1.807, 2.05) is 17.9 Å². The minimum Gasteiger partial charge on any atom is -0.459 e. The molecule has 1 aliphatic heterocycles. The minimum atomic E-state index is -0.00818. The van der Waals surface area contributed by atoms with Crippen molar-refractivity contribution < 1.29 is 13.6 Å². The van der Waals surface area contributed by atoms with Crippen LogP contribution in [0.15, 0.2) is 33.4 Å². The van der Waals surface area contributed by atoms with E-state index in [4.69, 9.17) is 13.6 Å². The molecule has 1 fully saturated rings. The van der Waals surface area contributed by atoms with Crippen LogP contribution in [0.25, 0.3) is 11.7 Å². The Morgan fingerprint density at radius 2 is 2.29 bits per heavy atom. The van der Waals surface area contributed by atoms with Crippen molar-refractivity contribution in [2.24, 2.45) is 7.05 Å². The smallest absolute Gasteiger partial charge is 0.283 e. The number of hydrogen-bond donors (Lipinski definition) is 1. The van der Waals surface area contributed by atoms with Crippen molar-refractivity contribution in [2.75, 3.05) is 6.61 Å². The molecule has 1 saturated heterocycles. The molecule has 1 aliphatic rings. The van der Waals surface area contributed by atoms with Gasteiger partial charge in [0.2, 0.25) is 5.89 Å². The van der Waals surface area contributed by atoms with Crippen LogP contribution in [-0.2, 0) is 18.3 Å². The third kappa shape index (κ3) is 2.74. The molecular weight excluding hydrogens is 310 g/mol. The van der Waals surface area contributed by atoms with Crippen LogP contribution >= 0.6 is 0 Å². The number of ether oxygens (including phenoxy) is 1. The van der Waals surface area contributed by atoms with Gasteiger partial charge in [-0.3, -0.25) is 4.68 Å². The zero-order valence-electron chi connectivity index (χ0n) is 13.6. The van der Waals surface area contributed by atoms with Gasteiger partial charge in [-0.05, 0) is 25.5 Å². The Hall–Kier alpha value is -2.45. The number of aromatic nitrogens is 4. The molecule has 0 saturated carbocycles. The van der Waals surface area contributed by atoms with Gasteiger partial charge in [-0.2, -0.15) is 5.10 Å². The lowest BCUT2D eigenvalue weighted by Crippen LogP contribution is -2.31. The molecule has 0 radical (unpaired) electrons. The summed E-state index contributed by atoms with van der Waals surface area (Å²) in [5.74, 6) is 1.48. The Morgan fingerprint density at radius 1 is 1.38 bits per heavy atom. The van der Waals surface area contributed by atoms with Crippen LogP contribution in [0.5, 0.6) is 0 Å². The zero-order chi connectivity index (χ0) is 16.5. The first-order valence-corrected chi connectivity index (χ1v) is 7.92. The van der Waals surface area contributed by atoms with E-state index in [-0.39, 0.29) is 12.1 Å². The molecule has 24 heavy (non-hydrogen) atoms. The standard InChI is InChI=1S/C16H19N5O3/c1-10-11(8-18-21(10)2)15-12(5-7-23-15)17-9-14-19-20-16(24-14)13-4-3-6-22-13/h3-4,6,8,12,15,17H,5,7,9H2,1-2H3/t12-,15+/m0/s1. The van der Waals surface area contributed by atoms with E-state index in [1.54, 1.807) is 18.4 Å². The molecule has 3 aromatic heterocycles. The van der Waals surface area contributed by atoms with E-state index in [9.17, 15) is 0 Å². The fraction of sp³-hybridized carbons (Fsp3) is 0.438. The predicted molar refractivity (Wildman–Crippen MR) is 83.9 cm³/mol. The van der Waals surface area contributed by atoms with Gasteiger partial charge in [-0.25, -0.2) is 0 Å². The van der Waals surface area contributed by atoms with Gasteiger partial charge in [0.05, 0.1) is 19.0 Å². The van der Waals surface area contributed by atoms with Gasteiger partial charge >= 0.3 is 0 Å². The summed E-state index contributed by atoms with van der Waals surface area (Å²) >= 11 is 0. The van der Waals surface area contributed by atoms with Gasteiger partial charge in [0.25, 0.3) is 5.89 Å². The summed E-state index contributed by atoms with van der Waals surface area (Å²) in [5, 5.41) is 15.8. The van der Waals surface area contributed by atoms with E-state index in [2.05, 4.69) is 27.5 Å². The number of nitrogens with one attached hydrogen (secondary N) is 1. The van der Waals surface area contributed by atoms with Crippen LogP contribution in [0.2, 0.25) is 0 Å². The lowest BCUT2D eigenvalue weighted by Gasteiger charge is -2.19. The number of hydrogen-bond acceptors (Lipinski definition) is 7. The Labute approximate surface area is 138 Å². The highest BCUT2D eigenvalue weighted by Crippen LogP contribution is 2.31. The first-order chi connectivity index (χ1) is 11.7. The van der Waals surface area contributed by atoms with E-state index in [0.717, 1.165) is 24.3 Å². The normalized spacial score (nSPS) is 20.8. The number of aryl methyl sites for hydroxylation is 1. The van der Waals surface area contributed by atoms with Gasteiger partial charge in [-0.1, -0.05) is 0 Å². The third-order valence-electron chi connectivity index (χ3n) is 4.39. The second-order valence-electron chi connectivity index (χ2n) is 5.85. The third-order valence-corrected chi connectivity index (χ3v) is 4.39. The van der Waals surface area contributed by atoms with Gasteiger partial charge in [0.15, 0.2) is 5.76 Å². The van der Waals surface area contributed by atoms with E-state index >= 15 is 0 Å². The van der Waals surface area contributed by atoms with Crippen LogP contribution in [0, 0.1) is 6.92 Å². The molecule has 3 aromatic rings. The van der Waals surface area contributed by atoms with Crippen molar-refractivity contribution in [1.29, 1.82) is 0 Å². The summed E-state index contributed by atoms with van der Waals surface area (Å²) in [6, 6.07) is 3.76. The quantitative estimate of drug-likeness (QED) is 0.765. The summed E-state index contributed by atoms with van der Waals surface area (Å²) < 4.78 is 18.6. The highest BCUT2D eigenvalue weighted by atomic mass is 16.5. The maximum atomic E-state index is 5.90. The van der Waals surface area contributed by atoms with Crippen molar-refractivity contribution in [1.82, 2.24) is 25.3 Å². The Balaban J connectivity index is 1.43. The lowest BCUT2D eigenvalue weighted by molar-refractivity contribution is 0.0974. The molecule has 8 nitrogen and oxygen atoms in total. The first-order valence-electron chi connectivity index (χ1n) is 7.92. The molecule has 0 aliphatic carbocycles. The highest BCUT2D eigenvalue weighted by molar-refractivity contribution is 5.42. The average molecular weight is 329 g/mol. The Bertz CT molecular complexity index is 808. The molecular formula is C16H19N5O3. The number of rotatable bonds is 5. The van der Waals surface area contributed by atoms with Crippen LogP contribution < -0.4 is 5.32 Å². The average Bonchev–Trinajstić information content (AvgIpc) is 3.34. The summed E-state index contributed by atoms with van der Waals surface area (Å²) in [6.45, 7) is 3.25. The zero-order valence-corrected chi connectivity index (χ0v) is 13.6. The van der Waals surface area contributed by atoms with E-state index in [0.29, 0.717) is 24.1 Å². The van der Waals surface area contributed by atoms with Gasteiger partial charge in [0, 0.05) is 31.0 Å². The largest absolute Gasteiger partial charge is 0.459 e. The van der Waals surface area contributed by atoms with E-state index in [1.165, 1.54) is 0 Å². The molecule has 0 aromatic carbocycles. The molecule has 4 heterocycles. The minimum absolute atomic E-state index is 0.00818. The van der Waals surface area contributed by atoms with Crippen molar-refractivity contribution in [2.45, 2.75) is 32.0 Å². The summed E-state index contributed by atoms with van der Waals surface area (Å²) in [5.41, 5.74) is 2.24. The Morgan fingerprint density at radius 3 is 3.04 bits per heavy atom. The van der Waals surface area contributed by atoms with Crippen molar-refractivity contribution in [3.8, 4) is 11.7 Å². The van der Waals surface area contributed by atoms with Crippen molar-refractivity contribution in [3.05, 3.63) is 41.7 Å². The Kier molecular flexibility index (Phi) is 3.91. The van der Waals surface area contributed by atoms with Crippen LogP contribution in [0.4, 0.5) is 0 Å². The predicted octanol–water partition coefficient (Wildman–Crippen LogP) is 1.99. The molecule has 126 valence electrons. The van der Waals surface area contributed by atoms with Gasteiger partial charge in [-0.15, -0.1) is 10.2 Å². The van der Waals surface area contributed by atoms with Gasteiger partial charge < -0.3 is 18.9 Å². The maximum Gasteiger partial charge on any atom is 0.283 e. The second-order valence-corrected chi connectivity index (χ2v) is 5.85. The molecule has 0 unspecified atom stereocenters. The number of furan rings is 1. The second kappa shape index (κ2) is 6.21. The number of nitrogens with zero attached hydrogens (tertiary/aromatic N) is 4. The molecule has 2 atom stereocenters. The monoisotopic (exact) mass is 329 g/mol. The maximum absolute atomic E-state index is 5.90. The van der Waals surface area contributed by atoms with Gasteiger partial charge in [0.1, 0.15) is 6.10 Å². The summed E-state index contributed by atoms with van der Waals surface area (Å²) in [6.07, 6.45) is 4.37. The fourth-order valence-corrected chi connectivity index (χ4v) is 2.94. The van der Waals surface area contributed by atoms with Crippen molar-refractivity contribution in [3.63, 3.8) is 0 Å². The molecule has 1 N–H and O–H groups in total. The lowest BCUT2D eigenvalue weighted by atomic mass is 10.0. The van der Waals surface area contributed by atoms with E-state index < -0.39 is 0 Å². The molecule has 0 spiro atoms. The molecule has 0 amide bonds. The molecule has 0 bridgehead atoms.